The topological polar surface area (TPSA) is 87.7 Å². The number of nitrogens with one attached hydrogen (secondary N) is 2. The maximum atomic E-state index is 11.6. The molecule has 0 bridgehead atoms. The first-order valence-electron chi connectivity index (χ1n) is 6.02. The maximum absolute atomic E-state index is 11.6. The normalized spacial score (nSPS) is 11.7. The van der Waals surface area contributed by atoms with E-state index in [9.17, 15) is 9.59 Å². The first-order valence-corrected chi connectivity index (χ1v) is 6.40. The van der Waals surface area contributed by atoms with Crippen LogP contribution in [0.4, 0.5) is 4.79 Å². The van der Waals surface area contributed by atoms with Crippen molar-refractivity contribution in [3.05, 3.63) is 34.9 Å². The number of rotatable bonds is 7. The van der Waals surface area contributed by atoms with Crippen LogP contribution in [-0.2, 0) is 16.1 Å². The van der Waals surface area contributed by atoms with Gasteiger partial charge in [0.15, 0.2) is 0 Å². The lowest BCUT2D eigenvalue weighted by Gasteiger charge is -2.14. The third-order valence-electron chi connectivity index (χ3n) is 2.62. The summed E-state index contributed by atoms with van der Waals surface area (Å²) in [4.78, 5) is 22.1. The standard InChI is InChI=1S/C13H17ClN2O4/c1-20-10(6-12(17)18)8-16-13(19)15-7-9-4-2-3-5-11(9)14/h2-5,10H,6-8H2,1H3,(H,17,18)(H2,15,16,19). The third-order valence-corrected chi connectivity index (χ3v) is 2.99. The molecule has 0 aliphatic heterocycles. The monoisotopic (exact) mass is 300 g/mol. The van der Waals surface area contributed by atoms with Gasteiger partial charge in [0.1, 0.15) is 0 Å². The molecule has 7 heteroatoms. The number of hydrogen-bond acceptors (Lipinski definition) is 3. The molecule has 0 fully saturated rings. The predicted molar refractivity (Wildman–Crippen MR) is 74.7 cm³/mol. The Morgan fingerprint density at radius 1 is 1.35 bits per heavy atom. The van der Waals surface area contributed by atoms with Gasteiger partial charge in [-0.1, -0.05) is 29.8 Å². The molecule has 6 nitrogen and oxygen atoms in total. The largest absolute Gasteiger partial charge is 0.481 e. The number of methoxy groups -OCH3 is 1. The number of ether oxygens (including phenoxy) is 1. The molecule has 0 saturated heterocycles. The molecule has 0 spiro atoms. The molecule has 1 unspecified atom stereocenters. The summed E-state index contributed by atoms with van der Waals surface area (Å²) in [6.07, 6.45) is -0.722. The fraction of sp³-hybridized carbons (Fsp3) is 0.385. The molecule has 20 heavy (non-hydrogen) atoms. The Balaban J connectivity index is 2.33. The van der Waals surface area contributed by atoms with Crippen molar-refractivity contribution in [3.63, 3.8) is 0 Å². The minimum absolute atomic E-state index is 0.122. The van der Waals surface area contributed by atoms with E-state index in [-0.39, 0.29) is 13.0 Å². The maximum Gasteiger partial charge on any atom is 0.315 e. The highest BCUT2D eigenvalue weighted by atomic mass is 35.5. The number of benzene rings is 1. The minimum Gasteiger partial charge on any atom is -0.481 e. The van der Waals surface area contributed by atoms with Crippen LogP contribution in [0.2, 0.25) is 5.02 Å². The van der Waals surface area contributed by atoms with Gasteiger partial charge in [-0.05, 0) is 11.6 Å². The lowest BCUT2D eigenvalue weighted by atomic mass is 10.2. The number of carboxylic acids is 1. The van der Waals surface area contributed by atoms with Gasteiger partial charge in [0.05, 0.1) is 12.5 Å². The molecular formula is C13H17ClN2O4. The Kier molecular flexibility index (Phi) is 6.83. The molecule has 1 rings (SSSR count). The van der Waals surface area contributed by atoms with Gasteiger partial charge in [-0.15, -0.1) is 0 Å². The average molecular weight is 301 g/mol. The molecule has 1 aromatic carbocycles. The molecule has 1 aromatic rings. The Labute approximate surface area is 122 Å². The van der Waals surface area contributed by atoms with Crippen LogP contribution in [0.25, 0.3) is 0 Å². The highest BCUT2D eigenvalue weighted by Crippen LogP contribution is 2.14. The summed E-state index contributed by atoms with van der Waals surface area (Å²) in [5.41, 5.74) is 0.804. The van der Waals surface area contributed by atoms with E-state index in [2.05, 4.69) is 10.6 Å². The Hall–Kier alpha value is -1.79. The zero-order valence-corrected chi connectivity index (χ0v) is 11.8. The van der Waals surface area contributed by atoms with E-state index >= 15 is 0 Å². The lowest BCUT2D eigenvalue weighted by Crippen LogP contribution is -2.40. The lowest BCUT2D eigenvalue weighted by molar-refractivity contribution is -0.139. The summed E-state index contributed by atoms with van der Waals surface area (Å²) in [6, 6.07) is 6.78. The van der Waals surface area contributed by atoms with E-state index in [0.29, 0.717) is 11.6 Å². The second-order valence-electron chi connectivity index (χ2n) is 4.11. The van der Waals surface area contributed by atoms with Crippen molar-refractivity contribution >= 4 is 23.6 Å². The first-order chi connectivity index (χ1) is 9.52. The van der Waals surface area contributed by atoms with Crippen LogP contribution in [0, 0.1) is 0 Å². The molecule has 0 heterocycles. The highest BCUT2D eigenvalue weighted by Gasteiger charge is 2.13. The number of carbonyl (C=O) groups is 2. The summed E-state index contributed by atoms with van der Waals surface area (Å²) in [7, 11) is 1.40. The summed E-state index contributed by atoms with van der Waals surface area (Å²) in [5, 5.41) is 14.4. The summed E-state index contributed by atoms with van der Waals surface area (Å²) in [5.74, 6) is -0.977. The second-order valence-corrected chi connectivity index (χ2v) is 4.52. The number of hydrogen-bond donors (Lipinski definition) is 3. The summed E-state index contributed by atoms with van der Waals surface area (Å²) >= 11 is 5.96. The predicted octanol–water partition coefficient (Wildman–Crippen LogP) is 1.63. The minimum atomic E-state index is -0.977. The van der Waals surface area contributed by atoms with Crippen LogP contribution in [0.5, 0.6) is 0 Å². The van der Waals surface area contributed by atoms with Gasteiger partial charge < -0.3 is 20.5 Å². The summed E-state index contributed by atoms with van der Waals surface area (Å²) in [6.45, 7) is 0.416. The zero-order chi connectivity index (χ0) is 15.0. The van der Waals surface area contributed by atoms with Gasteiger partial charge in [-0.2, -0.15) is 0 Å². The van der Waals surface area contributed by atoms with E-state index < -0.39 is 18.1 Å². The number of amides is 2. The SMILES string of the molecule is COC(CNC(=O)NCc1ccccc1Cl)CC(=O)O. The average Bonchev–Trinajstić information content (AvgIpc) is 2.42. The Morgan fingerprint density at radius 2 is 2.05 bits per heavy atom. The van der Waals surface area contributed by atoms with Crippen molar-refractivity contribution in [3.8, 4) is 0 Å². The van der Waals surface area contributed by atoms with Gasteiger partial charge >= 0.3 is 12.0 Å². The molecule has 110 valence electrons. The van der Waals surface area contributed by atoms with Crippen LogP contribution < -0.4 is 10.6 Å². The van der Waals surface area contributed by atoms with Gasteiger partial charge in [0.25, 0.3) is 0 Å². The molecule has 0 aliphatic rings. The van der Waals surface area contributed by atoms with E-state index in [1.807, 2.05) is 12.1 Å². The van der Waals surface area contributed by atoms with Crippen LogP contribution in [-0.4, -0.2) is 36.9 Å². The van der Waals surface area contributed by atoms with Crippen molar-refractivity contribution in [1.82, 2.24) is 10.6 Å². The van der Waals surface area contributed by atoms with Gasteiger partial charge in [-0.25, -0.2) is 4.79 Å². The van der Waals surface area contributed by atoms with Crippen molar-refractivity contribution in [1.29, 1.82) is 0 Å². The molecule has 0 saturated carbocycles. The number of urea groups is 1. The second kappa shape index (κ2) is 8.39. The quantitative estimate of drug-likeness (QED) is 0.714. The zero-order valence-electron chi connectivity index (χ0n) is 11.1. The molecular weight excluding hydrogens is 284 g/mol. The van der Waals surface area contributed by atoms with Crippen molar-refractivity contribution < 1.29 is 19.4 Å². The molecule has 1 atom stereocenters. The fourth-order valence-corrected chi connectivity index (χ4v) is 1.72. The van der Waals surface area contributed by atoms with E-state index in [4.69, 9.17) is 21.4 Å². The Morgan fingerprint density at radius 3 is 2.65 bits per heavy atom. The van der Waals surface area contributed by atoms with Crippen LogP contribution >= 0.6 is 11.6 Å². The molecule has 0 aliphatic carbocycles. The molecule has 2 amide bonds. The van der Waals surface area contributed by atoms with E-state index in [1.165, 1.54) is 7.11 Å². The van der Waals surface area contributed by atoms with Crippen molar-refractivity contribution in [2.24, 2.45) is 0 Å². The number of aliphatic carboxylic acids is 1. The Bertz CT molecular complexity index is 467. The van der Waals surface area contributed by atoms with Crippen molar-refractivity contribution in [2.45, 2.75) is 19.1 Å². The number of carbonyl (C=O) groups excluding carboxylic acids is 1. The molecule has 0 radical (unpaired) electrons. The smallest absolute Gasteiger partial charge is 0.315 e. The van der Waals surface area contributed by atoms with Gasteiger partial charge in [-0.3, -0.25) is 4.79 Å². The van der Waals surface area contributed by atoms with E-state index in [0.717, 1.165) is 5.56 Å². The van der Waals surface area contributed by atoms with E-state index in [1.54, 1.807) is 12.1 Å². The van der Waals surface area contributed by atoms with Crippen LogP contribution in [0.1, 0.15) is 12.0 Å². The highest BCUT2D eigenvalue weighted by molar-refractivity contribution is 6.31. The summed E-state index contributed by atoms with van der Waals surface area (Å²) < 4.78 is 4.95. The van der Waals surface area contributed by atoms with Crippen LogP contribution in [0.15, 0.2) is 24.3 Å². The third kappa shape index (κ3) is 5.90. The van der Waals surface area contributed by atoms with Crippen molar-refractivity contribution in [2.75, 3.05) is 13.7 Å². The number of halogens is 1. The molecule has 0 aromatic heterocycles. The fourth-order valence-electron chi connectivity index (χ4n) is 1.52. The molecule has 3 N–H and O–H groups in total. The first kappa shape index (κ1) is 16.3. The van der Waals surface area contributed by atoms with Gasteiger partial charge in [0, 0.05) is 25.2 Å². The van der Waals surface area contributed by atoms with Crippen LogP contribution in [0.3, 0.4) is 0 Å². The van der Waals surface area contributed by atoms with Gasteiger partial charge in [0.2, 0.25) is 0 Å². The number of carboxylic acid groups (broad SMARTS) is 1.